The van der Waals surface area contributed by atoms with Gasteiger partial charge in [0, 0.05) is 13.2 Å². The van der Waals surface area contributed by atoms with Gasteiger partial charge in [-0.15, -0.1) is 0 Å². The van der Waals surface area contributed by atoms with E-state index in [0.29, 0.717) is 13.0 Å². The number of carbonyl (C=O) groups is 2. The Balaban J connectivity index is 0.000000640. The van der Waals surface area contributed by atoms with E-state index in [1.54, 1.807) is 7.11 Å². The van der Waals surface area contributed by atoms with Crippen LogP contribution in [0, 0.1) is 16.9 Å². The van der Waals surface area contributed by atoms with Crippen molar-refractivity contribution in [1.82, 2.24) is 4.90 Å². The van der Waals surface area contributed by atoms with Crippen molar-refractivity contribution >= 4 is 11.9 Å². The van der Waals surface area contributed by atoms with Gasteiger partial charge in [-0.1, -0.05) is 13.8 Å². The average Bonchev–Trinajstić information content (AvgIpc) is 2.80. The number of rotatable bonds is 5. The standard InChI is InChI=1S/C12H20N2O3.C2HF3O2/c1-12(2,7-17-3)6-9-4-5-10(11(15)16)14(9)8-13;3-2(4,5)1(6)7/h9-10H,4-7H2,1-3H3,(H,15,16);(H,6,7). The van der Waals surface area contributed by atoms with Gasteiger partial charge in [0.1, 0.15) is 6.04 Å². The van der Waals surface area contributed by atoms with Gasteiger partial charge in [0.05, 0.1) is 6.61 Å². The Kier molecular flexibility index (Phi) is 7.99. The summed E-state index contributed by atoms with van der Waals surface area (Å²) < 4.78 is 36.9. The van der Waals surface area contributed by atoms with Crippen molar-refractivity contribution in [3.8, 4) is 6.19 Å². The van der Waals surface area contributed by atoms with Crippen LogP contribution in [0.5, 0.6) is 0 Å². The Bertz CT molecular complexity index is 488. The van der Waals surface area contributed by atoms with Crippen LogP contribution in [0.25, 0.3) is 0 Å². The van der Waals surface area contributed by atoms with E-state index in [4.69, 9.17) is 25.0 Å². The summed E-state index contributed by atoms with van der Waals surface area (Å²) in [6, 6.07) is -0.630. The molecule has 1 aliphatic heterocycles. The highest BCUT2D eigenvalue weighted by atomic mass is 19.4. The summed E-state index contributed by atoms with van der Waals surface area (Å²) in [6.45, 7) is 4.75. The molecule has 2 atom stereocenters. The van der Waals surface area contributed by atoms with Crippen LogP contribution in [0.3, 0.4) is 0 Å². The highest BCUT2D eigenvalue weighted by Crippen LogP contribution is 2.33. The number of likely N-dealkylation sites (tertiary alicyclic amines) is 1. The molecule has 2 unspecified atom stereocenters. The van der Waals surface area contributed by atoms with Gasteiger partial charge in [-0.05, 0) is 24.7 Å². The lowest BCUT2D eigenvalue weighted by Crippen LogP contribution is -2.39. The molecule has 0 amide bonds. The SMILES string of the molecule is COCC(C)(C)CC1CCC(C(=O)O)N1C#N.O=C(O)C(F)(F)F. The molecule has 2 N–H and O–H groups in total. The number of methoxy groups -OCH3 is 1. The molecule has 0 saturated carbocycles. The Morgan fingerprint density at radius 1 is 1.29 bits per heavy atom. The number of hydrogen-bond acceptors (Lipinski definition) is 5. The molecule has 10 heteroatoms. The number of hydrogen-bond donors (Lipinski definition) is 2. The summed E-state index contributed by atoms with van der Waals surface area (Å²) in [4.78, 5) is 21.3. The molecule has 0 aromatic rings. The predicted molar refractivity (Wildman–Crippen MR) is 75.9 cm³/mol. The second-order valence-corrected chi connectivity index (χ2v) is 6.20. The number of alkyl halides is 3. The summed E-state index contributed by atoms with van der Waals surface area (Å²) in [5.74, 6) is -3.66. The molecular formula is C14H21F3N2O5. The number of aliphatic carboxylic acids is 2. The summed E-state index contributed by atoms with van der Waals surface area (Å²) in [7, 11) is 1.65. The number of carboxylic acid groups (broad SMARTS) is 2. The first-order valence-corrected chi connectivity index (χ1v) is 7.05. The van der Waals surface area contributed by atoms with Gasteiger partial charge in [0.2, 0.25) is 0 Å². The molecule has 7 nitrogen and oxygen atoms in total. The maximum absolute atomic E-state index is 11.0. The maximum atomic E-state index is 11.0. The van der Waals surface area contributed by atoms with E-state index in [2.05, 4.69) is 13.8 Å². The molecule has 0 aromatic carbocycles. The van der Waals surface area contributed by atoms with Gasteiger partial charge in [0.15, 0.2) is 6.19 Å². The Labute approximate surface area is 137 Å². The number of nitrogens with zero attached hydrogens (tertiary/aromatic N) is 2. The largest absolute Gasteiger partial charge is 0.490 e. The first-order chi connectivity index (χ1) is 10.9. The van der Waals surface area contributed by atoms with E-state index < -0.39 is 24.2 Å². The fourth-order valence-corrected chi connectivity index (χ4v) is 2.56. The molecule has 0 bridgehead atoms. The first-order valence-electron chi connectivity index (χ1n) is 7.05. The van der Waals surface area contributed by atoms with Crippen molar-refractivity contribution in [1.29, 1.82) is 5.26 Å². The Morgan fingerprint density at radius 2 is 1.79 bits per heavy atom. The fraction of sp³-hybridized carbons (Fsp3) is 0.786. The van der Waals surface area contributed by atoms with Crippen LogP contribution in [-0.4, -0.2) is 59.0 Å². The van der Waals surface area contributed by atoms with E-state index in [9.17, 15) is 18.0 Å². The summed E-state index contributed by atoms with van der Waals surface area (Å²) in [5.41, 5.74) is -0.0398. The smallest absolute Gasteiger partial charge is 0.480 e. The van der Waals surface area contributed by atoms with Gasteiger partial charge in [-0.3, -0.25) is 4.90 Å². The summed E-state index contributed by atoms with van der Waals surface area (Å²) in [5, 5.41) is 25.2. The third kappa shape index (κ3) is 7.04. The molecule has 1 saturated heterocycles. The molecule has 24 heavy (non-hydrogen) atoms. The molecule has 1 heterocycles. The minimum atomic E-state index is -5.08. The van der Waals surface area contributed by atoms with Crippen LogP contribution in [0.1, 0.15) is 33.1 Å². The van der Waals surface area contributed by atoms with Crippen LogP contribution < -0.4 is 0 Å². The minimum Gasteiger partial charge on any atom is -0.480 e. The van der Waals surface area contributed by atoms with Gasteiger partial charge in [0.25, 0.3) is 0 Å². The Hall–Kier alpha value is -2.02. The van der Waals surface area contributed by atoms with Crippen molar-refractivity contribution in [2.24, 2.45) is 5.41 Å². The van der Waals surface area contributed by atoms with Crippen LogP contribution in [0.15, 0.2) is 0 Å². The van der Waals surface area contributed by atoms with Crippen LogP contribution >= 0.6 is 0 Å². The second-order valence-electron chi connectivity index (χ2n) is 6.20. The van der Waals surface area contributed by atoms with Crippen molar-refractivity contribution < 1.29 is 37.7 Å². The van der Waals surface area contributed by atoms with Crippen LogP contribution in [0.4, 0.5) is 13.2 Å². The molecule has 138 valence electrons. The van der Waals surface area contributed by atoms with Gasteiger partial charge in [-0.25, -0.2) is 9.59 Å². The quantitative estimate of drug-likeness (QED) is 0.727. The number of ether oxygens (including phenoxy) is 1. The molecule has 1 aliphatic rings. The molecular weight excluding hydrogens is 333 g/mol. The zero-order chi connectivity index (χ0) is 19.1. The molecule has 0 aromatic heterocycles. The van der Waals surface area contributed by atoms with E-state index in [1.807, 2.05) is 6.19 Å². The summed E-state index contributed by atoms with van der Waals surface area (Å²) in [6.07, 6.45) is -0.972. The van der Waals surface area contributed by atoms with E-state index in [0.717, 1.165) is 12.8 Å². The Morgan fingerprint density at radius 3 is 2.12 bits per heavy atom. The van der Waals surface area contributed by atoms with E-state index in [1.165, 1.54) is 4.90 Å². The van der Waals surface area contributed by atoms with Crippen molar-refractivity contribution in [3.63, 3.8) is 0 Å². The first kappa shape index (κ1) is 22.0. The number of halogens is 3. The van der Waals surface area contributed by atoms with Crippen LogP contribution in [-0.2, 0) is 14.3 Å². The van der Waals surface area contributed by atoms with Gasteiger partial charge in [-0.2, -0.15) is 18.4 Å². The molecule has 1 fully saturated rings. The number of nitriles is 1. The van der Waals surface area contributed by atoms with Crippen molar-refractivity contribution in [3.05, 3.63) is 0 Å². The van der Waals surface area contributed by atoms with E-state index in [-0.39, 0.29) is 11.5 Å². The average molecular weight is 354 g/mol. The highest BCUT2D eigenvalue weighted by molar-refractivity contribution is 5.74. The third-order valence-electron chi connectivity index (χ3n) is 3.47. The lowest BCUT2D eigenvalue weighted by molar-refractivity contribution is -0.192. The highest BCUT2D eigenvalue weighted by Gasteiger charge is 2.40. The zero-order valence-corrected chi connectivity index (χ0v) is 13.6. The topological polar surface area (TPSA) is 111 Å². The lowest BCUT2D eigenvalue weighted by atomic mass is 9.86. The third-order valence-corrected chi connectivity index (χ3v) is 3.47. The maximum Gasteiger partial charge on any atom is 0.490 e. The normalized spacial score (nSPS) is 20.8. The molecule has 0 aliphatic carbocycles. The number of carboxylic acids is 2. The summed E-state index contributed by atoms with van der Waals surface area (Å²) >= 11 is 0. The molecule has 1 rings (SSSR count). The zero-order valence-electron chi connectivity index (χ0n) is 13.6. The van der Waals surface area contributed by atoms with Gasteiger partial charge >= 0.3 is 18.1 Å². The monoisotopic (exact) mass is 354 g/mol. The minimum absolute atomic E-state index is 0.0197. The molecule has 0 radical (unpaired) electrons. The lowest BCUT2D eigenvalue weighted by Gasteiger charge is -2.30. The van der Waals surface area contributed by atoms with Gasteiger partial charge < -0.3 is 14.9 Å². The molecule has 0 spiro atoms. The van der Waals surface area contributed by atoms with Crippen molar-refractivity contribution in [2.75, 3.05) is 13.7 Å². The predicted octanol–water partition coefficient (Wildman–Crippen LogP) is 2.08. The second kappa shape index (κ2) is 8.73. The fourth-order valence-electron chi connectivity index (χ4n) is 2.56. The van der Waals surface area contributed by atoms with Crippen LogP contribution in [0.2, 0.25) is 0 Å². The van der Waals surface area contributed by atoms with E-state index >= 15 is 0 Å². The van der Waals surface area contributed by atoms with Crippen molar-refractivity contribution in [2.45, 2.75) is 51.4 Å².